The van der Waals surface area contributed by atoms with Gasteiger partial charge in [-0.15, -0.1) is 0 Å². The minimum Gasteiger partial charge on any atom is -0.497 e. The number of carboxylic acids is 2. The summed E-state index contributed by atoms with van der Waals surface area (Å²) < 4.78 is 19.2. The van der Waals surface area contributed by atoms with Crippen molar-refractivity contribution in [3.8, 4) is 28.5 Å². The van der Waals surface area contributed by atoms with E-state index in [9.17, 15) is 19.8 Å². The number of aromatic carboxylic acids is 1. The second kappa shape index (κ2) is 13.3. The molecule has 0 atom stereocenters. The van der Waals surface area contributed by atoms with Gasteiger partial charge in [-0.3, -0.25) is 4.68 Å². The Labute approximate surface area is 250 Å². The lowest BCUT2D eigenvalue weighted by Gasteiger charge is -2.16. The molecule has 0 saturated heterocycles. The van der Waals surface area contributed by atoms with Crippen molar-refractivity contribution in [3.63, 3.8) is 0 Å². The van der Waals surface area contributed by atoms with Gasteiger partial charge in [0, 0.05) is 47.7 Å². The van der Waals surface area contributed by atoms with Crippen LogP contribution in [0.3, 0.4) is 0 Å². The second-order valence-electron chi connectivity index (χ2n) is 10.3. The Kier molecular flexibility index (Phi) is 9.10. The first kappa shape index (κ1) is 29.4. The summed E-state index contributed by atoms with van der Waals surface area (Å²) in [6, 6.07) is 17.9. The third-order valence-electron chi connectivity index (χ3n) is 7.42. The molecular weight excluding hydrogens is 548 g/mol. The number of ether oxygens (including phenoxy) is 3. The number of aryl methyl sites for hydroxylation is 1. The molecule has 1 aliphatic rings. The van der Waals surface area contributed by atoms with E-state index >= 15 is 0 Å². The molecule has 222 valence electrons. The van der Waals surface area contributed by atoms with Crippen LogP contribution in [0.4, 0.5) is 0 Å². The molecular formula is C34H34N2O7. The Morgan fingerprint density at radius 3 is 2.70 bits per heavy atom. The third-order valence-corrected chi connectivity index (χ3v) is 7.42. The molecule has 3 aromatic carbocycles. The van der Waals surface area contributed by atoms with E-state index < -0.39 is 11.9 Å². The van der Waals surface area contributed by atoms with E-state index in [0.29, 0.717) is 47.0 Å². The monoisotopic (exact) mass is 582 g/mol. The van der Waals surface area contributed by atoms with Crippen LogP contribution >= 0.6 is 0 Å². The largest absolute Gasteiger partial charge is 0.497 e. The lowest BCUT2D eigenvalue weighted by atomic mass is 9.98. The molecule has 0 saturated carbocycles. The Morgan fingerprint density at radius 1 is 1.09 bits per heavy atom. The van der Waals surface area contributed by atoms with Gasteiger partial charge in [0.1, 0.15) is 23.9 Å². The third kappa shape index (κ3) is 6.72. The van der Waals surface area contributed by atoms with Crippen LogP contribution in [0.25, 0.3) is 17.3 Å². The van der Waals surface area contributed by atoms with E-state index in [4.69, 9.17) is 14.2 Å². The second-order valence-corrected chi connectivity index (χ2v) is 10.3. The maximum Gasteiger partial charge on any atom is 0.336 e. The number of methoxy groups -OCH3 is 1. The van der Waals surface area contributed by atoms with Crippen LogP contribution < -0.4 is 14.2 Å². The number of aliphatic carboxylic acids is 1. The first-order valence-electron chi connectivity index (χ1n) is 14.2. The van der Waals surface area contributed by atoms with Crippen molar-refractivity contribution in [2.75, 3.05) is 13.7 Å². The maximum absolute atomic E-state index is 12.5. The number of unbranched alkanes of at least 4 members (excludes halogenated alkanes) is 1. The van der Waals surface area contributed by atoms with Gasteiger partial charge in [-0.1, -0.05) is 43.7 Å². The highest BCUT2D eigenvalue weighted by atomic mass is 16.5. The van der Waals surface area contributed by atoms with E-state index in [1.165, 1.54) is 6.07 Å². The predicted molar refractivity (Wildman–Crippen MR) is 162 cm³/mol. The van der Waals surface area contributed by atoms with E-state index in [-0.39, 0.29) is 24.2 Å². The highest BCUT2D eigenvalue weighted by Crippen LogP contribution is 2.37. The van der Waals surface area contributed by atoms with Gasteiger partial charge in [0.2, 0.25) is 0 Å². The number of rotatable bonds is 13. The minimum absolute atomic E-state index is 0.0132. The van der Waals surface area contributed by atoms with Crippen molar-refractivity contribution in [1.82, 2.24) is 9.78 Å². The molecule has 5 rings (SSSR count). The normalized spacial score (nSPS) is 12.5. The Balaban J connectivity index is 1.55. The van der Waals surface area contributed by atoms with Crippen LogP contribution in [0.2, 0.25) is 0 Å². The topological polar surface area (TPSA) is 120 Å². The van der Waals surface area contributed by atoms with Crippen molar-refractivity contribution in [2.45, 2.75) is 45.8 Å². The van der Waals surface area contributed by atoms with Gasteiger partial charge in [-0.25, -0.2) is 9.59 Å². The number of carbonyl (C=O) groups is 2. The summed E-state index contributed by atoms with van der Waals surface area (Å²) in [6.45, 7) is 3.37. The minimum atomic E-state index is -1.03. The van der Waals surface area contributed by atoms with Crippen molar-refractivity contribution in [2.24, 2.45) is 0 Å². The Morgan fingerprint density at radius 2 is 1.93 bits per heavy atom. The van der Waals surface area contributed by atoms with Gasteiger partial charge in [0.25, 0.3) is 0 Å². The molecule has 9 heteroatoms. The highest BCUT2D eigenvalue weighted by molar-refractivity contribution is 5.94. The van der Waals surface area contributed by atoms with Crippen molar-refractivity contribution >= 4 is 18.0 Å². The SMILES string of the molecule is CCCCn1ncc(C=C(Cc2ccc3c(c2)CCO3)C(=O)O)c1-c1ccc(OC)cc1OCc1ccccc1C(=O)O. The molecule has 2 heterocycles. The molecule has 0 unspecified atom stereocenters. The number of hydrogen-bond donors (Lipinski definition) is 2. The van der Waals surface area contributed by atoms with Gasteiger partial charge in [0.05, 0.1) is 31.2 Å². The van der Waals surface area contributed by atoms with Crippen molar-refractivity contribution in [3.05, 3.63) is 100 Å². The summed E-state index contributed by atoms with van der Waals surface area (Å²) in [5, 5.41) is 24.5. The lowest BCUT2D eigenvalue weighted by Crippen LogP contribution is -2.08. The molecule has 0 amide bonds. The quantitative estimate of drug-likeness (QED) is 0.177. The number of aromatic nitrogens is 2. The first-order chi connectivity index (χ1) is 20.9. The highest BCUT2D eigenvalue weighted by Gasteiger charge is 2.21. The van der Waals surface area contributed by atoms with E-state index in [0.717, 1.165) is 36.1 Å². The van der Waals surface area contributed by atoms with Gasteiger partial charge >= 0.3 is 11.9 Å². The first-order valence-corrected chi connectivity index (χ1v) is 14.2. The smallest absolute Gasteiger partial charge is 0.336 e. The fourth-order valence-corrected chi connectivity index (χ4v) is 5.18. The lowest BCUT2D eigenvalue weighted by molar-refractivity contribution is -0.132. The van der Waals surface area contributed by atoms with Crippen molar-refractivity contribution in [1.29, 1.82) is 0 Å². The Hall–Kier alpha value is -5.05. The van der Waals surface area contributed by atoms with Crippen LogP contribution in [0, 0.1) is 0 Å². The molecule has 43 heavy (non-hydrogen) atoms. The van der Waals surface area contributed by atoms with Gasteiger partial charge in [-0.2, -0.15) is 5.10 Å². The molecule has 0 fully saturated rings. The van der Waals surface area contributed by atoms with Gasteiger partial charge in [-0.05, 0) is 47.9 Å². The molecule has 0 bridgehead atoms. The fraction of sp³-hybridized carbons (Fsp3) is 0.265. The zero-order valence-corrected chi connectivity index (χ0v) is 24.2. The molecule has 2 N–H and O–H groups in total. The zero-order chi connectivity index (χ0) is 30.3. The average Bonchev–Trinajstić information content (AvgIpc) is 3.65. The predicted octanol–water partition coefficient (Wildman–Crippen LogP) is 6.28. The molecule has 0 aliphatic carbocycles. The average molecular weight is 583 g/mol. The van der Waals surface area contributed by atoms with E-state index in [2.05, 4.69) is 12.0 Å². The van der Waals surface area contributed by atoms with E-state index in [1.807, 2.05) is 35.0 Å². The van der Waals surface area contributed by atoms with E-state index in [1.54, 1.807) is 43.6 Å². The summed E-state index contributed by atoms with van der Waals surface area (Å²) in [6.07, 6.45) is 6.22. The zero-order valence-electron chi connectivity index (χ0n) is 24.2. The summed E-state index contributed by atoms with van der Waals surface area (Å²) >= 11 is 0. The summed E-state index contributed by atoms with van der Waals surface area (Å²) in [4.78, 5) is 24.2. The summed E-state index contributed by atoms with van der Waals surface area (Å²) in [5.41, 5.74) is 4.92. The number of nitrogens with zero attached hydrogens (tertiary/aromatic N) is 2. The molecule has 1 aromatic heterocycles. The maximum atomic E-state index is 12.5. The van der Waals surface area contributed by atoms with Crippen LogP contribution in [-0.2, 0) is 30.8 Å². The van der Waals surface area contributed by atoms with Gasteiger partial charge < -0.3 is 24.4 Å². The van der Waals surface area contributed by atoms with Crippen LogP contribution in [-0.4, -0.2) is 45.6 Å². The fourth-order valence-electron chi connectivity index (χ4n) is 5.18. The molecule has 0 radical (unpaired) electrons. The van der Waals surface area contributed by atoms with Crippen LogP contribution in [0.1, 0.15) is 52.4 Å². The van der Waals surface area contributed by atoms with Crippen LogP contribution in [0.5, 0.6) is 17.2 Å². The molecule has 0 spiro atoms. The number of carboxylic acid groups (broad SMARTS) is 2. The number of hydrogen-bond acceptors (Lipinski definition) is 6. The Bertz CT molecular complexity index is 1670. The summed E-state index contributed by atoms with van der Waals surface area (Å²) in [7, 11) is 1.56. The molecule has 4 aromatic rings. The molecule has 1 aliphatic heterocycles. The van der Waals surface area contributed by atoms with Crippen LogP contribution in [0.15, 0.2) is 72.4 Å². The standard InChI is InChI=1S/C34H34N2O7/c1-3-4-14-36-32(26(20-35-36)18-25(33(37)38)17-22-9-12-30-23(16-22)13-15-42-30)29-11-10-27(41-2)19-31(29)43-21-24-7-5-6-8-28(24)34(39)40/h5-12,16,18-20H,3-4,13-15,17,21H2,1-2H3,(H,37,38)(H,39,40). The van der Waals surface area contributed by atoms with Crippen molar-refractivity contribution < 1.29 is 34.0 Å². The molecule has 9 nitrogen and oxygen atoms in total. The van der Waals surface area contributed by atoms with Gasteiger partial charge in [0.15, 0.2) is 0 Å². The number of fused-ring (bicyclic) bond motifs is 1. The summed E-state index contributed by atoms with van der Waals surface area (Å²) in [5.74, 6) is -0.174. The number of benzene rings is 3.